The van der Waals surface area contributed by atoms with Crippen LogP contribution in [0.1, 0.15) is 35.8 Å². The van der Waals surface area contributed by atoms with E-state index in [9.17, 15) is 4.79 Å². The van der Waals surface area contributed by atoms with Crippen LogP contribution in [0.25, 0.3) is 0 Å². The molecule has 0 saturated heterocycles. The van der Waals surface area contributed by atoms with Gasteiger partial charge in [0.1, 0.15) is 5.69 Å². The number of anilines is 2. The molecule has 2 N–H and O–H groups in total. The summed E-state index contributed by atoms with van der Waals surface area (Å²) in [5, 5.41) is 5.83. The van der Waals surface area contributed by atoms with Crippen molar-refractivity contribution in [3.05, 3.63) is 53.9 Å². The molecule has 0 aliphatic rings. The van der Waals surface area contributed by atoms with E-state index in [4.69, 9.17) is 0 Å². The number of hydrogen-bond acceptors (Lipinski definition) is 3. The molecule has 0 spiro atoms. The third-order valence-electron chi connectivity index (χ3n) is 3.12. The Morgan fingerprint density at radius 3 is 2.40 bits per heavy atom. The highest BCUT2D eigenvalue weighted by atomic mass is 16.1. The zero-order valence-corrected chi connectivity index (χ0v) is 12.0. The molecule has 0 aliphatic heterocycles. The number of rotatable bonds is 4. The Balaban J connectivity index is 2.10. The van der Waals surface area contributed by atoms with Gasteiger partial charge in [0.15, 0.2) is 0 Å². The van der Waals surface area contributed by atoms with Crippen molar-refractivity contribution in [1.82, 2.24) is 4.98 Å². The zero-order valence-electron chi connectivity index (χ0n) is 12.0. The zero-order chi connectivity index (χ0) is 14.5. The van der Waals surface area contributed by atoms with E-state index in [2.05, 4.69) is 29.5 Å². The summed E-state index contributed by atoms with van der Waals surface area (Å²) in [5.41, 5.74) is 3.28. The van der Waals surface area contributed by atoms with E-state index in [1.807, 2.05) is 37.4 Å². The molecule has 4 nitrogen and oxygen atoms in total. The number of carbonyl (C=O) groups excluding carboxylic acids is 1. The number of aromatic nitrogens is 1. The van der Waals surface area contributed by atoms with Crippen LogP contribution in [-0.4, -0.2) is 17.9 Å². The molecular formula is C16H19N3O. The minimum atomic E-state index is -0.209. The van der Waals surface area contributed by atoms with Gasteiger partial charge in [-0.1, -0.05) is 26.0 Å². The lowest BCUT2D eigenvalue weighted by Crippen LogP contribution is -2.13. The van der Waals surface area contributed by atoms with Gasteiger partial charge >= 0.3 is 0 Å². The Labute approximate surface area is 119 Å². The SMILES string of the molecule is CNc1ccnc(C(=O)Nc2ccc(C(C)C)cc2)c1. The summed E-state index contributed by atoms with van der Waals surface area (Å²) < 4.78 is 0. The number of benzene rings is 1. The second-order valence-electron chi connectivity index (χ2n) is 4.91. The molecule has 1 amide bonds. The van der Waals surface area contributed by atoms with Gasteiger partial charge < -0.3 is 10.6 Å². The molecule has 2 rings (SSSR count). The number of carbonyl (C=O) groups is 1. The van der Waals surface area contributed by atoms with Crippen LogP contribution in [0.2, 0.25) is 0 Å². The van der Waals surface area contributed by atoms with Crippen molar-refractivity contribution in [3.8, 4) is 0 Å². The standard InChI is InChI=1S/C16H19N3O/c1-11(2)12-4-6-13(7-5-12)19-16(20)15-10-14(17-3)8-9-18-15/h4-11H,1-3H3,(H,17,18)(H,19,20). The molecule has 1 heterocycles. The van der Waals surface area contributed by atoms with Gasteiger partial charge in [0.25, 0.3) is 5.91 Å². The van der Waals surface area contributed by atoms with E-state index >= 15 is 0 Å². The number of amides is 1. The average molecular weight is 269 g/mol. The maximum atomic E-state index is 12.1. The summed E-state index contributed by atoms with van der Waals surface area (Å²) in [6, 6.07) is 11.4. The summed E-state index contributed by atoms with van der Waals surface area (Å²) in [5.74, 6) is 0.271. The smallest absolute Gasteiger partial charge is 0.274 e. The molecule has 1 aromatic carbocycles. The summed E-state index contributed by atoms with van der Waals surface area (Å²) in [6.45, 7) is 4.28. The van der Waals surface area contributed by atoms with Gasteiger partial charge in [-0.15, -0.1) is 0 Å². The van der Waals surface area contributed by atoms with Crippen LogP contribution in [0.3, 0.4) is 0 Å². The molecule has 0 radical (unpaired) electrons. The Bertz CT molecular complexity index is 591. The monoisotopic (exact) mass is 269 g/mol. The third kappa shape index (κ3) is 3.35. The van der Waals surface area contributed by atoms with Crippen molar-refractivity contribution in [3.63, 3.8) is 0 Å². The summed E-state index contributed by atoms with van der Waals surface area (Å²) in [6.07, 6.45) is 1.61. The second-order valence-corrected chi connectivity index (χ2v) is 4.91. The molecule has 0 saturated carbocycles. The second kappa shape index (κ2) is 6.19. The van der Waals surface area contributed by atoms with Gasteiger partial charge in [-0.05, 0) is 35.7 Å². The first-order valence-corrected chi connectivity index (χ1v) is 6.65. The van der Waals surface area contributed by atoms with E-state index in [1.54, 1.807) is 12.3 Å². The Kier molecular flexibility index (Phi) is 4.35. The predicted octanol–water partition coefficient (Wildman–Crippen LogP) is 3.50. The van der Waals surface area contributed by atoms with E-state index in [-0.39, 0.29) is 5.91 Å². The van der Waals surface area contributed by atoms with Crippen LogP contribution in [0.4, 0.5) is 11.4 Å². The molecule has 104 valence electrons. The summed E-state index contributed by atoms with van der Waals surface area (Å²) >= 11 is 0. The normalized spacial score (nSPS) is 10.4. The maximum absolute atomic E-state index is 12.1. The van der Waals surface area contributed by atoms with Gasteiger partial charge in [-0.25, -0.2) is 0 Å². The Morgan fingerprint density at radius 2 is 1.80 bits per heavy atom. The van der Waals surface area contributed by atoms with Crippen molar-refractivity contribution >= 4 is 17.3 Å². The summed E-state index contributed by atoms with van der Waals surface area (Å²) in [4.78, 5) is 16.2. The van der Waals surface area contributed by atoms with Crippen molar-refractivity contribution in [2.45, 2.75) is 19.8 Å². The lowest BCUT2D eigenvalue weighted by Gasteiger charge is -2.08. The Morgan fingerprint density at radius 1 is 1.10 bits per heavy atom. The molecule has 0 unspecified atom stereocenters. The van der Waals surface area contributed by atoms with Crippen LogP contribution in [0, 0.1) is 0 Å². The molecular weight excluding hydrogens is 250 g/mol. The fourth-order valence-corrected chi connectivity index (χ4v) is 1.86. The van der Waals surface area contributed by atoms with Gasteiger partial charge in [0, 0.05) is 24.6 Å². The van der Waals surface area contributed by atoms with E-state index in [0.717, 1.165) is 11.4 Å². The fourth-order valence-electron chi connectivity index (χ4n) is 1.86. The topological polar surface area (TPSA) is 54.0 Å². The van der Waals surface area contributed by atoms with E-state index < -0.39 is 0 Å². The third-order valence-corrected chi connectivity index (χ3v) is 3.12. The maximum Gasteiger partial charge on any atom is 0.274 e. The van der Waals surface area contributed by atoms with Gasteiger partial charge in [-0.3, -0.25) is 9.78 Å². The molecule has 0 aliphatic carbocycles. The molecule has 0 bridgehead atoms. The van der Waals surface area contributed by atoms with Crippen LogP contribution < -0.4 is 10.6 Å². The molecule has 0 fully saturated rings. The van der Waals surface area contributed by atoms with E-state index in [0.29, 0.717) is 11.6 Å². The molecule has 2 aromatic rings. The lowest BCUT2D eigenvalue weighted by atomic mass is 10.0. The van der Waals surface area contributed by atoms with Gasteiger partial charge in [-0.2, -0.15) is 0 Å². The first-order chi connectivity index (χ1) is 9.60. The molecule has 0 atom stereocenters. The Hall–Kier alpha value is -2.36. The van der Waals surface area contributed by atoms with Crippen molar-refractivity contribution in [2.24, 2.45) is 0 Å². The van der Waals surface area contributed by atoms with Crippen LogP contribution in [0.5, 0.6) is 0 Å². The van der Waals surface area contributed by atoms with Gasteiger partial charge in [0.05, 0.1) is 0 Å². The van der Waals surface area contributed by atoms with Crippen LogP contribution >= 0.6 is 0 Å². The summed E-state index contributed by atoms with van der Waals surface area (Å²) in [7, 11) is 1.81. The van der Waals surface area contributed by atoms with E-state index in [1.165, 1.54) is 5.56 Å². The highest BCUT2D eigenvalue weighted by molar-refractivity contribution is 6.03. The molecule has 4 heteroatoms. The van der Waals surface area contributed by atoms with Crippen molar-refractivity contribution in [1.29, 1.82) is 0 Å². The fraction of sp³-hybridized carbons (Fsp3) is 0.250. The van der Waals surface area contributed by atoms with Crippen molar-refractivity contribution in [2.75, 3.05) is 17.7 Å². The van der Waals surface area contributed by atoms with Crippen LogP contribution in [0.15, 0.2) is 42.6 Å². The number of nitrogens with zero attached hydrogens (tertiary/aromatic N) is 1. The average Bonchev–Trinajstić information content (AvgIpc) is 2.47. The van der Waals surface area contributed by atoms with Crippen molar-refractivity contribution < 1.29 is 4.79 Å². The quantitative estimate of drug-likeness (QED) is 0.893. The van der Waals surface area contributed by atoms with Gasteiger partial charge in [0.2, 0.25) is 0 Å². The highest BCUT2D eigenvalue weighted by Gasteiger charge is 2.08. The highest BCUT2D eigenvalue weighted by Crippen LogP contribution is 2.17. The molecule has 20 heavy (non-hydrogen) atoms. The first-order valence-electron chi connectivity index (χ1n) is 6.65. The predicted molar refractivity (Wildman–Crippen MR) is 82.3 cm³/mol. The largest absolute Gasteiger partial charge is 0.388 e. The lowest BCUT2D eigenvalue weighted by molar-refractivity contribution is 0.102. The first kappa shape index (κ1) is 14.1. The van der Waals surface area contributed by atoms with Crippen LogP contribution in [-0.2, 0) is 0 Å². The molecule has 1 aromatic heterocycles. The minimum Gasteiger partial charge on any atom is -0.388 e. The minimum absolute atomic E-state index is 0.209. The number of hydrogen-bond donors (Lipinski definition) is 2. The number of nitrogens with one attached hydrogen (secondary N) is 2. The number of pyridine rings is 1.